The number of carbonyl (C=O) groups excluding carboxylic acids is 1. The van der Waals surface area contributed by atoms with Crippen LogP contribution in [-0.2, 0) is 6.54 Å². The van der Waals surface area contributed by atoms with E-state index < -0.39 is 0 Å². The molecular weight excluding hydrogens is 486 g/mol. The quantitative estimate of drug-likeness (QED) is 0.246. The third kappa shape index (κ3) is 8.26. The molecule has 0 spiro atoms. The van der Waals surface area contributed by atoms with Crippen LogP contribution in [-0.4, -0.2) is 50.6 Å². The van der Waals surface area contributed by atoms with E-state index in [4.69, 9.17) is 4.74 Å². The number of hydrogen-bond acceptors (Lipinski definition) is 3. The van der Waals surface area contributed by atoms with Crippen LogP contribution in [0.3, 0.4) is 0 Å². The Hall–Kier alpha value is -2.36. The lowest BCUT2D eigenvalue weighted by molar-refractivity contribution is 0.0954. The zero-order valence-electron chi connectivity index (χ0n) is 16.9. The Labute approximate surface area is 188 Å². The van der Waals surface area contributed by atoms with Crippen molar-refractivity contribution in [2.24, 2.45) is 4.99 Å². The van der Waals surface area contributed by atoms with Crippen LogP contribution < -0.4 is 15.4 Å². The first-order valence-electron chi connectivity index (χ1n) is 9.19. The van der Waals surface area contributed by atoms with Crippen LogP contribution >= 0.6 is 24.0 Å². The van der Waals surface area contributed by atoms with Crippen molar-refractivity contribution in [3.63, 3.8) is 0 Å². The highest BCUT2D eigenvalue weighted by Crippen LogP contribution is 2.12. The molecule has 0 aliphatic carbocycles. The average Bonchev–Trinajstić information content (AvgIpc) is 2.71. The molecule has 0 aliphatic heterocycles. The van der Waals surface area contributed by atoms with E-state index in [0.717, 1.165) is 18.1 Å². The fourth-order valence-electron chi connectivity index (χ4n) is 2.61. The summed E-state index contributed by atoms with van der Waals surface area (Å²) in [6.45, 7) is 4.16. The number of nitrogens with one attached hydrogen (secondary N) is 2. The molecule has 0 saturated carbocycles. The maximum Gasteiger partial charge on any atom is 0.251 e. The number of benzene rings is 2. The summed E-state index contributed by atoms with van der Waals surface area (Å²) in [4.78, 5) is 18.7. The van der Waals surface area contributed by atoms with E-state index in [9.17, 15) is 9.18 Å². The van der Waals surface area contributed by atoms with Crippen molar-refractivity contribution in [3.8, 4) is 5.75 Å². The van der Waals surface area contributed by atoms with E-state index >= 15 is 0 Å². The molecule has 2 aromatic rings. The molecule has 6 nitrogen and oxygen atoms in total. The lowest BCUT2D eigenvalue weighted by Crippen LogP contribution is -2.39. The molecule has 0 aromatic heterocycles. The summed E-state index contributed by atoms with van der Waals surface area (Å²) in [6, 6.07) is 13.4. The number of nitrogens with zero attached hydrogens (tertiary/aromatic N) is 2. The molecular formula is C21H28FIN4O2. The predicted molar refractivity (Wildman–Crippen MR) is 125 cm³/mol. The van der Waals surface area contributed by atoms with Crippen LogP contribution in [0, 0.1) is 5.82 Å². The van der Waals surface area contributed by atoms with E-state index in [-0.39, 0.29) is 35.7 Å². The van der Waals surface area contributed by atoms with Crippen molar-refractivity contribution in [1.82, 2.24) is 15.5 Å². The van der Waals surface area contributed by atoms with Crippen LogP contribution in [0.5, 0.6) is 5.75 Å². The third-order valence-electron chi connectivity index (χ3n) is 4.02. The van der Waals surface area contributed by atoms with Crippen LogP contribution in [0.2, 0.25) is 0 Å². The lowest BCUT2D eigenvalue weighted by atomic mass is 10.2. The Balaban J connectivity index is 0.00000420. The summed E-state index contributed by atoms with van der Waals surface area (Å²) in [5.74, 6) is 0.947. The number of rotatable bonds is 8. The summed E-state index contributed by atoms with van der Waals surface area (Å²) < 4.78 is 18.2. The second-order valence-electron chi connectivity index (χ2n) is 6.21. The van der Waals surface area contributed by atoms with Crippen molar-refractivity contribution in [1.29, 1.82) is 0 Å². The van der Waals surface area contributed by atoms with Gasteiger partial charge in [0.25, 0.3) is 5.91 Å². The molecule has 0 radical (unpaired) electrons. The lowest BCUT2D eigenvalue weighted by Gasteiger charge is -2.22. The van der Waals surface area contributed by atoms with Gasteiger partial charge in [-0.2, -0.15) is 0 Å². The minimum Gasteiger partial charge on any atom is -0.497 e. The summed E-state index contributed by atoms with van der Waals surface area (Å²) in [7, 11) is 3.48. The van der Waals surface area contributed by atoms with Gasteiger partial charge in [-0.1, -0.05) is 18.2 Å². The topological polar surface area (TPSA) is 66.0 Å². The van der Waals surface area contributed by atoms with Gasteiger partial charge in [0.05, 0.1) is 13.7 Å². The van der Waals surface area contributed by atoms with Gasteiger partial charge in [0.2, 0.25) is 0 Å². The van der Waals surface area contributed by atoms with Crippen LogP contribution in [0.4, 0.5) is 4.39 Å². The van der Waals surface area contributed by atoms with Crippen LogP contribution in [0.25, 0.3) is 0 Å². The number of amides is 1. The third-order valence-corrected chi connectivity index (χ3v) is 4.02. The number of guanidine groups is 1. The summed E-state index contributed by atoms with van der Waals surface area (Å²) in [5.41, 5.74) is 1.53. The van der Waals surface area contributed by atoms with Gasteiger partial charge in [-0.05, 0) is 42.8 Å². The van der Waals surface area contributed by atoms with Crippen LogP contribution in [0.15, 0.2) is 53.5 Å². The van der Waals surface area contributed by atoms with Gasteiger partial charge >= 0.3 is 0 Å². The van der Waals surface area contributed by atoms with Crippen molar-refractivity contribution >= 4 is 35.8 Å². The van der Waals surface area contributed by atoms with Gasteiger partial charge < -0.3 is 20.3 Å². The molecule has 0 fully saturated rings. The molecule has 2 aromatic carbocycles. The molecule has 8 heteroatoms. The van der Waals surface area contributed by atoms with Gasteiger partial charge in [0.1, 0.15) is 11.6 Å². The Kier molecular flexibility index (Phi) is 11.0. The number of halogens is 2. The summed E-state index contributed by atoms with van der Waals surface area (Å²) in [6.07, 6.45) is 0. The molecule has 2 N–H and O–H groups in total. The van der Waals surface area contributed by atoms with E-state index in [2.05, 4.69) is 15.6 Å². The van der Waals surface area contributed by atoms with Crippen molar-refractivity contribution in [3.05, 3.63) is 65.5 Å². The van der Waals surface area contributed by atoms with E-state index in [1.54, 1.807) is 43.5 Å². The maximum absolute atomic E-state index is 13.0. The van der Waals surface area contributed by atoms with E-state index in [1.165, 1.54) is 12.1 Å². The average molecular weight is 514 g/mol. The highest BCUT2D eigenvalue weighted by atomic mass is 127. The Bertz CT molecular complexity index is 800. The highest BCUT2D eigenvalue weighted by Gasteiger charge is 2.08. The monoisotopic (exact) mass is 514 g/mol. The Morgan fingerprint density at radius 3 is 2.55 bits per heavy atom. The highest BCUT2D eigenvalue weighted by molar-refractivity contribution is 14.0. The normalized spacial score (nSPS) is 10.7. The molecule has 0 unspecified atom stereocenters. The van der Waals surface area contributed by atoms with Crippen molar-refractivity contribution in [2.45, 2.75) is 13.5 Å². The minimum absolute atomic E-state index is 0. The molecule has 0 saturated heterocycles. The molecule has 1 amide bonds. The van der Waals surface area contributed by atoms with Crippen molar-refractivity contribution in [2.75, 3.05) is 33.8 Å². The van der Waals surface area contributed by atoms with E-state index in [0.29, 0.717) is 30.9 Å². The molecule has 0 bridgehead atoms. The first-order chi connectivity index (χ1) is 13.5. The zero-order valence-corrected chi connectivity index (χ0v) is 19.3. The molecule has 2 rings (SSSR count). The fourth-order valence-corrected chi connectivity index (χ4v) is 2.61. The van der Waals surface area contributed by atoms with Gasteiger partial charge in [-0.3, -0.25) is 9.79 Å². The second kappa shape index (κ2) is 13.0. The van der Waals surface area contributed by atoms with Gasteiger partial charge in [0, 0.05) is 32.2 Å². The molecule has 0 heterocycles. The Morgan fingerprint density at radius 2 is 1.90 bits per heavy atom. The smallest absolute Gasteiger partial charge is 0.251 e. The van der Waals surface area contributed by atoms with Crippen LogP contribution in [0.1, 0.15) is 22.8 Å². The maximum atomic E-state index is 13.0. The standard InChI is InChI=1S/C21H27FN4O2.HI/c1-4-23-21(26(2)15-16-8-10-18(22)11-9-16)25-13-12-24-20(27)17-6-5-7-19(14-17)28-3;/h5-11,14H,4,12-13,15H2,1-3H3,(H,23,25)(H,24,27);1H. The number of aliphatic imine (C=N–C) groups is 1. The first kappa shape index (κ1) is 24.7. The van der Waals surface area contributed by atoms with E-state index in [1.807, 2.05) is 18.9 Å². The Morgan fingerprint density at radius 1 is 1.17 bits per heavy atom. The fraction of sp³-hybridized carbons (Fsp3) is 0.333. The number of ether oxygens (including phenoxy) is 1. The SMILES string of the molecule is CCNC(=NCCNC(=O)c1cccc(OC)c1)N(C)Cc1ccc(F)cc1.I. The summed E-state index contributed by atoms with van der Waals surface area (Å²) >= 11 is 0. The molecule has 158 valence electrons. The molecule has 29 heavy (non-hydrogen) atoms. The predicted octanol–water partition coefficient (Wildman–Crippen LogP) is 3.28. The molecule has 0 atom stereocenters. The number of methoxy groups -OCH3 is 1. The summed E-state index contributed by atoms with van der Waals surface area (Å²) in [5, 5.41) is 6.07. The zero-order chi connectivity index (χ0) is 20.4. The largest absolute Gasteiger partial charge is 0.497 e. The van der Waals surface area contributed by atoms with Crippen molar-refractivity contribution < 1.29 is 13.9 Å². The van der Waals surface area contributed by atoms with Gasteiger partial charge in [-0.25, -0.2) is 4.39 Å². The minimum atomic E-state index is -0.251. The van der Waals surface area contributed by atoms with Gasteiger partial charge in [-0.15, -0.1) is 24.0 Å². The molecule has 0 aliphatic rings. The first-order valence-corrected chi connectivity index (χ1v) is 9.19. The van der Waals surface area contributed by atoms with Gasteiger partial charge in [0.15, 0.2) is 5.96 Å². The number of carbonyl (C=O) groups is 1. The number of hydrogen-bond donors (Lipinski definition) is 2. The second-order valence-corrected chi connectivity index (χ2v) is 6.21.